The third-order valence-corrected chi connectivity index (χ3v) is 6.09. The maximum absolute atomic E-state index is 4.92. The van der Waals surface area contributed by atoms with Crippen LogP contribution in [0.15, 0.2) is 60.7 Å². The molecule has 0 amide bonds. The Morgan fingerprint density at radius 3 is 2.57 bits per heavy atom. The fourth-order valence-electron chi connectivity index (χ4n) is 4.65. The fourth-order valence-corrected chi connectivity index (χ4v) is 4.65. The number of hydrogen-bond acceptors (Lipinski definition) is 4. The van der Waals surface area contributed by atoms with Gasteiger partial charge in [0.2, 0.25) is 5.95 Å². The zero-order valence-electron chi connectivity index (χ0n) is 16.3. The third kappa shape index (κ3) is 3.13. The first-order valence-electron chi connectivity index (χ1n) is 10.3. The van der Waals surface area contributed by atoms with Crippen LogP contribution in [0.3, 0.4) is 0 Å². The molecule has 6 rings (SSSR count). The Bertz CT molecular complexity index is 969. The lowest BCUT2D eigenvalue weighted by Crippen LogP contribution is -2.43. The number of anilines is 2. The van der Waals surface area contributed by atoms with E-state index in [4.69, 9.17) is 9.97 Å². The van der Waals surface area contributed by atoms with Gasteiger partial charge in [-0.3, -0.25) is 0 Å². The van der Waals surface area contributed by atoms with Crippen LogP contribution in [0.5, 0.6) is 0 Å². The van der Waals surface area contributed by atoms with Gasteiger partial charge in [0.25, 0.3) is 0 Å². The lowest BCUT2D eigenvalue weighted by atomic mass is 9.75. The highest BCUT2D eigenvalue weighted by molar-refractivity contribution is 5.53. The van der Waals surface area contributed by atoms with Gasteiger partial charge in [-0.1, -0.05) is 61.5 Å². The van der Waals surface area contributed by atoms with Gasteiger partial charge < -0.3 is 10.2 Å². The largest absolute Gasteiger partial charge is 0.350 e. The van der Waals surface area contributed by atoms with Gasteiger partial charge in [-0.2, -0.15) is 4.98 Å². The molecule has 4 nitrogen and oxygen atoms in total. The van der Waals surface area contributed by atoms with Crippen molar-refractivity contribution < 1.29 is 0 Å². The second-order valence-electron chi connectivity index (χ2n) is 7.81. The predicted octanol–water partition coefficient (Wildman–Crippen LogP) is 5.09. The van der Waals surface area contributed by atoms with Crippen LogP contribution in [0, 0.1) is 0 Å². The van der Waals surface area contributed by atoms with Gasteiger partial charge in [0, 0.05) is 30.8 Å². The van der Waals surface area contributed by atoms with E-state index in [1.807, 2.05) is 6.07 Å². The summed E-state index contributed by atoms with van der Waals surface area (Å²) in [6, 6.07) is 22.0. The summed E-state index contributed by atoms with van der Waals surface area (Å²) in [5, 5.41) is 3.43. The molecule has 0 unspecified atom stereocenters. The SMILES string of the molecule is CCc1cc(N2C[C@H]3CC[C@H]2c2ccccc23)nc(NCc2ccccc2)n1. The monoisotopic (exact) mass is 370 g/mol. The van der Waals surface area contributed by atoms with E-state index in [1.165, 1.54) is 24.0 Å². The number of rotatable bonds is 5. The van der Waals surface area contributed by atoms with E-state index in [9.17, 15) is 0 Å². The van der Waals surface area contributed by atoms with Crippen LogP contribution in [0.1, 0.15) is 54.1 Å². The summed E-state index contributed by atoms with van der Waals surface area (Å²) < 4.78 is 0. The summed E-state index contributed by atoms with van der Waals surface area (Å²) >= 11 is 0. The molecular formula is C24H26N4. The highest BCUT2D eigenvalue weighted by atomic mass is 15.3. The summed E-state index contributed by atoms with van der Waals surface area (Å²) in [6.45, 7) is 3.95. The fraction of sp³-hybridized carbons (Fsp3) is 0.333. The van der Waals surface area contributed by atoms with E-state index in [1.54, 1.807) is 5.56 Å². The predicted molar refractivity (Wildman–Crippen MR) is 114 cm³/mol. The molecule has 0 radical (unpaired) electrons. The van der Waals surface area contributed by atoms with Gasteiger partial charge in [0.15, 0.2) is 0 Å². The lowest BCUT2D eigenvalue weighted by molar-refractivity contribution is 0.387. The van der Waals surface area contributed by atoms with Crippen molar-refractivity contribution in [2.45, 2.75) is 44.7 Å². The number of aryl methyl sites for hydroxylation is 1. The molecule has 1 aliphatic carbocycles. The van der Waals surface area contributed by atoms with E-state index in [0.717, 1.165) is 37.0 Å². The molecule has 3 aliphatic rings. The molecule has 0 spiro atoms. The Kier molecular flexibility index (Phi) is 4.47. The minimum Gasteiger partial charge on any atom is -0.350 e. The first kappa shape index (κ1) is 17.2. The van der Waals surface area contributed by atoms with Crippen molar-refractivity contribution in [2.24, 2.45) is 0 Å². The van der Waals surface area contributed by atoms with E-state index in [0.29, 0.717) is 12.0 Å². The average molecular weight is 371 g/mol. The number of nitrogens with one attached hydrogen (secondary N) is 1. The molecule has 2 aromatic carbocycles. The Morgan fingerprint density at radius 2 is 1.75 bits per heavy atom. The molecular weight excluding hydrogens is 344 g/mol. The zero-order valence-corrected chi connectivity index (χ0v) is 16.3. The topological polar surface area (TPSA) is 41.1 Å². The Labute approximate surface area is 166 Å². The van der Waals surface area contributed by atoms with Crippen LogP contribution in [0.4, 0.5) is 11.8 Å². The Morgan fingerprint density at radius 1 is 0.964 bits per heavy atom. The number of piperidine rings is 1. The zero-order chi connectivity index (χ0) is 18.9. The molecule has 3 aromatic rings. The quantitative estimate of drug-likeness (QED) is 0.679. The molecule has 0 saturated carbocycles. The van der Waals surface area contributed by atoms with E-state index >= 15 is 0 Å². The molecule has 2 aliphatic heterocycles. The van der Waals surface area contributed by atoms with Crippen LogP contribution in [0.2, 0.25) is 0 Å². The van der Waals surface area contributed by atoms with Gasteiger partial charge in [-0.25, -0.2) is 4.98 Å². The van der Waals surface area contributed by atoms with E-state index in [2.05, 4.69) is 71.7 Å². The van der Waals surface area contributed by atoms with Crippen LogP contribution in [-0.2, 0) is 13.0 Å². The van der Waals surface area contributed by atoms with Gasteiger partial charge in [-0.05, 0) is 36.0 Å². The third-order valence-electron chi connectivity index (χ3n) is 6.09. The number of nitrogens with zero attached hydrogens (tertiary/aromatic N) is 3. The summed E-state index contributed by atoms with van der Waals surface area (Å²) in [5.74, 6) is 2.40. The normalized spacial score (nSPS) is 20.1. The van der Waals surface area contributed by atoms with Crippen molar-refractivity contribution in [3.63, 3.8) is 0 Å². The summed E-state index contributed by atoms with van der Waals surface area (Å²) in [4.78, 5) is 12.1. The highest BCUT2D eigenvalue weighted by Gasteiger charge is 2.38. The molecule has 142 valence electrons. The molecule has 4 heteroatoms. The highest BCUT2D eigenvalue weighted by Crippen LogP contribution is 2.47. The smallest absolute Gasteiger partial charge is 0.225 e. The average Bonchev–Trinajstić information content (AvgIpc) is 2.78. The van der Waals surface area contributed by atoms with E-state index < -0.39 is 0 Å². The molecule has 1 saturated heterocycles. The molecule has 1 aromatic heterocycles. The maximum Gasteiger partial charge on any atom is 0.225 e. The van der Waals surface area contributed by atoms with Crippen LogP contribution in [0.25, 0.3) is 0 Å². The molecule has 3 heterocycles. The minimum absolute atomic E-state index is 0.433. The van der Waals surface area contributed by atoms with Crippen molar-refractivity contribution in [1.29, 1.82) is 0 Å². The van der Waals surface area contributed by atoms with Crippen LogP contribution >= 0.6 is 0 Å². The lowest BCUT2D eigenvalue weighted by Gasteiger charge is -2.47. The van der Waals surface area contributed by atoms with Crippen molar-refractivity contribution in [3.8, 4) is 0 Å². The molecule has 2 bridgehead atoms. The molecule has 1 fully saturated rings. The van der Waals surface area contributed by atoms with Gasteiger partial charge in [-0.15, -0.1) is 0 Å². The Hall–Kier alpha value is -2.88. The summed E-state index contributed by atoms with van der Waals surface area (Å²) in [5.41, 5.74) is 5.36. The van der Waals surface area contributed by atoms with Crippen molar-refractivity contribution in [3.05, 3.63) is 83.0 Å². The van der Waals surface area contributed by atoms with Crippen LogP contribution < -0.4 is 10.2 Å². The molecule has 2 atom stereocenters. The summed E-state index contributed by atoms with van der Waals surface area (Å²) in [6.07, 6.45) is 3.40. The Balaban J connectivity index is 1.44. The van der Waals surface area contributed by atoms with Gasteiger partial charge in [0.05, 0.1) is 6.04 Å². The second-order valence-corrected chi connectivity index (χ2v) is 7.81. The second kappa shape index (κ2) is 7.27. The maximum atomic E-state index is 4.92. The number of benzene rings is 2. The number of aromatic nitrogens is 2. The molecule has 28 heavy (non-hydrogen) atoms. The van der Waals surface area contributed by atoms with Crippen LogP contribution in [-0.4, -0.2) is 16.5 Å². The molecule has 1 N–H and O–H groups in total. The van der Waals surface area contributed by atoms with Crippen molar-refractivity contribution in [1.82, 2.24) is 9.97 Å². The number of fused-ring (bicyclic) bond motifs is 2. The van der Waals surface area contributed by atoms with Crippen molar-refractivity contribution >= 4 is 11.8 Å². The van der Waals surface area contributed by atoms with Crippen molar-refractivity contribution in [2.75, 3.05) is 16.8 Å². The first-order valence-corrected chi connectivity index (χ1v) is 10.3. The number of hydrogen-bond donors (Lipinski definition) is 1. The summed E-state index contributed by atoms with van der Waals surface area (Å²) in [7, 11) is 0. The van der Waals surface area contributed by atoms with E-state index in [-0.39, 0.29) is 0 Å². The minimum atomic E-state index is 0.433. The van der Waals surface area contributed by atoms with Gasteiger partial charge in [0.1, 0.15) is 5.82 Å². The van der Waals surface area contributed by atoms with Gasteiger partial charge >= 0.3 is 0 Å². The standard InChI is InChI=1S/C24H26N4/c1-2-19-14-23(27-24(26-19)25-15-17-8-4-3-5-9-17)28-16-18-12-13-22(28)21-11-7-6-10-20(18)21/h3-11,14,18,22H,2,12-13,15-16H2,1H3,(H,25,26,27)/t18-,22+/m1/s1. The first-order chi connectivity index (χ1) is 13.8.